The number of thiophene rings is 1. The Morgan fingerprint density at radius 2 is 2.19 bits per heavy atom. The van der Waals surface area contributed by atoms with Crippen molar-refractivity contribution in [3.8, 4) is 0 Å². The summed E-state index contributed by atoms with van der Waals surface area (Å²) in [6.07, 6.45) is 3.43. The van der Waals surface area contributed by atoms with Crippen LogP contribution in [-0.4, -0.2) is 49.2 Å². The number of hydrogen-bond donors (Lipinski definition) is 1. The van der Waals surface area contributed by atoms with Gasteiger partial charge in [0.15, 0.2) is 0 Å². The third-order valence-corrected chi connectivity index (χ3v) is 5.14. The largest absolute Gasteiger partial charge is 0.379 e. The first-order valence-electron chi connectivity index (χ1n) is 7.01. The zero-order valence-corrected chi connectivity index (χ0v) is 14.8. The number of ether oxygens (including phenoxy) is 1. The minimum absolute atomic E-state index is 0.0548. The molecule has 116 valence electrons. The lowest BCUT2D eigenvalue weighted by Crippen LogP contribution is -2.55. The number of carbonyl (C=O) groups excluding carboxylic acids is 1. The minimum Gasteiger partial charge on any atom is -0.379 e. The summed E-state index contributed by atoms with van der Waals surface area (Å²) >= 11 is 5.01. The lowest BCUT2D eigenvalue weighted by molar-refractivity contribution is -0.117. The second-order valence-corrected chi connectivity index (χ2v) is 8.10. The third kappa shape index (κ3) is 5.21. The Balaban J connectivity index is 1.81. The van der Waals surface area contributed by atoms with Crippen LogP contribution in [0.4, 0.5) is 0 Å². The van der Waals surface area contributed by atoms with E-state index in [1.165, 1.54) is 0 Å². The molecule has 2 rings (SSSR count). The van der Waals surface area contributed by atoms with E-state index >= 15 is 0 Å². The number of nitrogens with one attached hydrogen (secondary N) is 1. The van der Waals surface area contributed by atoms with Crippen LogP contribution in [0.2, 0.25) is 0 Å². The van der Waals surface area contributed by atoms with Gasteiger partial charge < -0.3 is 10.1 Å². The lowest BCUT2D eigenvalue weighted by Gasteiger charge is -2.40. The second-order valence-electron chi connectivity index (χ2n) is 5.60. The van der Waals surface area contributed by atoms with Gasteiger partial charge in [-0.2, -0.15) is 0 Å². The zero-order valence-electron chi connectivity index (χ0n) is 12.4. The van der Waals surface area contributed by atoms with Crippen molar-refractivity contribution in [2.45, 2.75) is 19.4 Å². The standard InChI is InChI=1S/C15H21BrN2O2S/c1-15(2,18-7-9-20-10-8-18)11-17-14(19)6-4-12-3-5-13(16)21-12/h3-6H,7-11H2,1-2H3,(H,17,19)/b6-4+. The van der Waals surface area contributed by atoms with Crippen molar-refractivity contribution in [3.63, 3.8) is 0 Å². The molecular formula is C15H21BrN2O2S. The smallest absolute Gasteiger partial charge is 0.244 e. The molecular weight excluding hydrogens is 352 g/mol. The quantitative estimate of drug-likeness (QED) is 0.807. The molecule has 0 radical (unpaired) electrons. The molecule has 0 saturated carbocycles. The molecule has 1 aromatic rings. The predicted octanol–water partition coefficient (Wildman–Crippen LogP) is 2.75. The Labute approximate surface area is 138 Å². The van der Waals surface area contributed by atoms with Crippen molar-refractivity contribution >= 4 is 39.2 Å². The summed E-state index contributed by atoms with van der Waals surface area (Å²) < 4.78 is 6.43. The molecule has 1 aromatic heterocycles. The lowest BCUT2D eigenvalue weighted by atomic mass is 10.0. The van der Waals surface area contributed by atoms with Crippen LogP contribution in [0.3, 0.4) is 0 Å². The Kier molecular flexibility index (Phi) is 5.98. The number of halogens is 1. The van der Waals surface area contributed by atoms with Crippen LogP contribution in [-0.2, 0) is 9.53 Å². The topological polar surface area (TPSA) is 41.6 Å². The van der Waals surface area contributed by atoms with Crippen LogP contribution in [0.25, 0.3) is 6.08 Å². The van der Waals surface area contributed by atoms with Gasteiger partial charge in [-0.25, -0.2) is 0 Å². The summed E-state index contributed by atoms with van der Waals surface area (Å²) in [6.45, 7) is 8.31. The van der Waals surface area contributed by atoms with Crippen molar-refractivity contribution in [2.75, 3.05) is 32.8 Å². The normalized spacial score (nSPS) is 17.3. The number of nitrogens with zero attached hydrogens (tertiary/aromatic N) is 1. The fraction of sp³-hybridized carbons (Fsp3) is 0.533. The van der Waals surface area contributed by atoms with Crippen LogP contribution < -0.4 is 5.32 Å². The highest BCUT2D eigenvalue weighted by molar-refractivity contribution is 9.11. The van der Waals surface area contributed by atoms with E-state index in [4.69, 9.17) is 4.74 Å². The number of morpholine rings is 1. The predicted molar refractivity (Wildman–Crippen MR) is 90.5 cm³/mol. The molecule has 4 nitrogen and oxygen atoms in total. The highest BCUT2D eigenvalue weighted by Gasteiger charge is 2.28. The molecule has 1 fully saturated rings. The van der Waals surface area contributed by atoms with E-state index in [9.17, 15) is 4.79 Å². The summed E-state index contributed by atoms with van der Waals surface area (Å²) in [5, 5.41) is 2.98. The van der Waals surface area contributed by atoms with Crippen LogP contribution >= 0.6 is 27.3 Å². The minimum atomic E-state index is -0.0563. The van der Waals surface area contributed by atoms with Crippen LogP contribution in [0.1, 0.15) is 18.7 Å². The fourth-order valence-electron chi connectivity index (χ4n) is 2.22. The second kappa shape index (κ2) is 7.54. The highest BCUT2D eigenvalue weighted by atomic mass is 79.9. The van der Waals surface area contributed by atoms with Gasteiger partial charge >= 0.3 is 0 Å². The number of carbonyl (C=O) groups is 1. The van der Waals surface area contributed by atoms with Crippen LogP contribution in [0.15, 0.2) is 22.0 Å². The molecule has 1 aliphatic heterocycles. The summed E-state index contributed by atoms with van der Waals surface area (Å²) in [6, 6.07) is 3.96. The number of hydrogen-bond acceptors (Lipinski definition) is 4. The molecule has 0 atom stereocenters. The van der Waals surface area contributed by atoms with E-state index in [0.717, 1.165) is 35.0 Å². The maximum Gasteiger partial charge on any atom is 0.244 e. The molecule has 6 heteroatoms. The molecule has 0 aliphatic carbocycles. The van der Waals surface area contributed by atoms with Crippen molar-refractivity contribution in [1.82, 2.24) is 10.2 Å². The SMILES string of the molecule is CC(C)(CNC(=O)/C=C/c1ccc(Br)s1)N1CCOCC1. The van der Waals surface area contributed by atoms with E-state index in [-0.39, 0.29) is 11.4 Å². The maximum absolute atomic E-state index is 11.9. The number of amides is 1. The van der Waals surface area contributed by atoms with Crippen LogP contribution in [0, 0.1) is 0 Å². The van der Waals surface area contributed by atoms with E-state index < -0.39 is 0 Å². The average molecular weight is 373 g/mol. The zero-order chi connectivity index (χ0) is 15.3. The summed E-state index contributed by atoms with van der Waals surface area (Å²) in [4.78, 5) is 15.3. The Morgan fingerprint density at radius 1 is 1.48 bits per heavy atom. The van der Waals surface area contributed by atoms with E-state index in [1.54, 1.807) is 17.4 Å². The molecule has 1 amide bonds. The molecule has 0 bridgehead atoms. The Morgan fingerprint density at radius 3 is 2.81 bits per heavy atom. The monoisotopic (exact) mass is 372 g/mol. The molecule has 0 unspecified atom stereocenters. The Hall–Kier alpha value is -0.690. The van der Waals surface area contributed by atoms with Gasteiger partial charge in [0.1, 0.15) is 0 Å². The van der Waals surface area contributed by atoms with Gasteiger partial charge in [-0.15, -0.1) is 11.3 Å². The molecule has 1 saturated heterocycles. The van der Waals surface area contributed by atoms with Crippen LogP contribution in [0.5, 0.6) is 0 Å². The van der Waals surface area contributed by atoms with Gasteiger partial charge in [-0.3, -0.25) is 9.69 Å². The third-order valence-electron chi connectivity index (χ3n) is 3.56. The van der Waals surface area contributed by atoms with Gasteiger partial charge in [0.05, 0.1) is 17.0 Å². The fourth-order valence-corrected chi connectivity index (χ4v) is 3.54. The highest BCUT2D eigenvalue weighted by Crippen LogP contribution is 2.23. The van der Waals surface area contributed by atoms with Gasteiger partial charge in [-0.1, -0.05) is 0 Å². The molecule has 0 aromatic carbocycles. The van der Waals surface area contributed by atoms with Crippen molar-refractivity contribution in [1.29, 1.82) is 0 Å². The van der Waals surface area contributed by atoms with Crippen molar-refractivity contribution in [2.24, 2.45) is 0 Å². The van der Waals surface area contributed by atoms with E-state index in [1.807, 2.05) is 18.2 Å². The molecule has 0 spiro atoms. The summed E-state index contributed by atoms with van der Waals surface area (Å²) in [5.74, 6) is -0.0548. The molecule has 1 aliphatic rings. The molecule has 21 heavy (non-hydrogen) atoms. The van der Waals surface area contributed by atoms with Gasteiger partial charge in [0.25, 0.3) is 0 Å². The van der Waals surface area contributed by atoms with Gasteiger partial charge in [0.2, 0.25) is 5.91 Å². The Bertz CT molecular complexity index is 508. The maximum atomic E-state index is 11.9. The first kappa shape index (κ1) is 16.7. The van der Waals surface area contributed by atoms with Gasteiger partial charge in [-0.05, 0) is 48.0 Å². The van der Waals surface area contributed by atoms with E-state index in [2.05, 4.69) is 40.0 Å². The van der Waals surface area contributed by atoms with Gasteiger partial charge in [0, 0.05) is 36.1 Å². The average Bonchev–Trinajstić information content (AvgIpc) is 2.90. The van der Waals surface area contributed by atoms with E-state index in [0.29, 0.717) is 6.54 Å². The first-order chi connectivity index (χ1) is 9.97. The molecule has 2 heterocycles. The summed E-state index contributed by atoms with van der Waals surface area (Å²) in [5.41, 5.74) is -0.0563. The molecule has 1 N–H and O–H groups in total. The van der Waals surface area contributed by atoms with Crippen molar-refractivity contribution < 1.29 is 9.53 Å². The summed E-state index contributed by atoms with van der Waals surface area (Å²) in [7, 11) is 0. The van der Waals surface area contributed by atoms with Crippen molar-refractivity contribution in [3.05, 3.63) is 26.9 Å². The first-order valence-corrected chi connectivity index (χ1v) is 8.62. The number of rotatable bonds is 5.